The molecule has 30 heavy (non-hydrogen) atoms. The fourth-order valence-corrected chi connectivity index (χ4v) is 4.24. The second kappa shape index (κ2) is 6.91. The van der Waals surface area contributed by atoms with Crippen molar-refractivity contribution in [3.8, 4) is 11.3 Å². The lowest BCUT2D eigenvalue weighted by atomic mass is 9.87. The van der Waals surface area contributed by atoms with Crippen LogP contribution in [0.15, 0.2) is 36.8 Å². The van der Waals surface area contributed by atoms with Crippen LogP contribution in [0.3, 0.4) is 0 Å². The highest BCUT2D eigenvalue weighted by Crippen LogP contribution is 2.32. The van der Waals surface area contributed by atoms with E-state index in [0.29, 0.717) is 36.7 Å². The largest absolute Gasteiger partial charge is 0.382 e. The molecule has 5 heterocycles. The van der Waals surface area contributed by atoms with Crippen LogP contribution in [0.5, 0.6) is 0 Å². The van der Waals surface area contributed by atoms with Crippen LogP contribution in [0, 0.1) is 0 Å². The molecule has 9 nitrogen and oxygen atoms in total. The number of rotatable bonds is 4. The van der Waals surface area contributed by atoms with E-state index in [0.717, 1.165) is 23.4 Å². The molecular weight excluding hydrogens is 385 g/mol. The number of hydrogen-bond donors (Lipinski definition) is 2. The SMILES string of the molecule is CCC1(F)CN(C)CC[C@H]1Nc1nc(N)c2c(-c3ccc4nccn4n3)ccn2n1. The third kappa shape index (κ3) is 3.04. The van der Waals surface area contributed by atoms with E-state index in [9.17, 15) is 0 Å². The maximum atomic E-state index is 15.4. The van der Waals surface area contributed by atoms with Gasteiger partial charge in [-0.25, -0.2) is 18.4 Å². The quantitative estimate of drug-likeness (QED) is 0.533. The van der Waals surface area contributed by atoms with Gasteiger partial charge in [0.15, 0.2) is 11.5 Å². The van der Waals surface area contributed by atoms with Crippen LogP contribution in [-0.4, -0.2) is 65.9 Å². The Labute approximate surface area is 172 Å². The average molecular weight is 409 g/mol. The zero-order chi connectivity index (χ0) is 20.9. The van der Waals surface area contributed by atoms with Crippen molar-refractivity contribution in [2.75, 3.05) is 31.2 Å². The zero-order valence-corrected chi connectivity index (χ0v) is 17.0. The van der Waals surface area contributed by atoms with Crippen molar-refractivity contribution in [2.45, 2.75) is 31.5 Å². The molecule has 0 radical (unpaired) electrons. The first-order chi connectivity index (χ1) is 14.5. The van der Waals surface area contributed by atoms with E-state index in [2.05, 4.69) is 25.5 Å². The summed E-state index contributed by atoms with van der Waals surface area (Å²) in [7, 11) is 1.94. The number of nitrogens with zero attached hydrogens (tertiary/aromatic N) is 7. The molecule has 0 saturated carbocycles. The Kier molecular flexibility index (Phi) is 4.31. The molecule has 0 aromatic carbocycles. The number of alkyl halides is 1. The zero-order valence-electron chi connectivity index (χ0n) is 17.0. The standard InChI is InChI=1S/C20H24FN9/c1-3-20(21)12-28(2)9-7-15(20)24-19-25-18(22)17-13(6-10-30(17)27-19)14-4-5-16-23-8-11-29(16)26-14/h4-6,8,10-11,15H,3,7,9,12H2,1-2H3,(H3,22,24,25,27)/t15-,20?/m1/s1. The van der Waals surface area contributed by atoms with Crippen LogP contribution in [0.2, 0.25) is 0 Å². The molecule has 5 rings (SSSR count). The Morgan fingerprint density at radius 1 is 1.23 bits per heavy atom. The minimum absolute atomic E-state index is 0.314. The van der Waals surface area contributed by atoms with Gasteiger partial charge in [0.05, 0.1) is 11.7 Å². The molecule has 0 amide bonds. The lowest BCUT2D eigenvalue weighted by Gasteiger charge is -2.41. The van der Waals surface area contributed by atoms with Gasteiger partial charge in [-0.3, -0.25) is 0 Å². The van der Waals surface area contributed by atoms with Crippen molar-refractivity contribution in [3.05, 3.63) is 36.8 Å². The highest BCUT2D eigenvalue weighted by atomic mass is 19.1. The smallest absolute Gasteiger partial charge is 0.243 e. The van der Waals surface area contributed by atoms with Gasteiger partial charge in [-0.05, 0) is 38.1 Å². The van der Waals surface area contributed by atoms with E-state index in [1.165, 1.54) is 0 Å². The Morgan fingerprint density at radius 2 is 2.10 bits per heavy atom. The van der Waals surface area contributed by atoms with Crippen LogP contribution >= 0.6 is 0 Å². The van der Waals surface area contributed by atoms with E-state index >= 15 is 4.39 Å². The van der Waals surface area contributed by atoms with Crippen LogP contribution in [-0.2, 0) is 0 Å². The number of nitrogen functional groups attached to an aromatic ring is 1. The Morgan fingerprint density at radius 3 is 2.93 bits per heavy atom. The molecule has 1 unspecified atom stereocenters. The molecule has 4 aromatic heterocycles. The summed E-state index contributed by atoms with van der Waals surface area (Å²) in [6.07, 6.45) is 6.39. The van der Waals surface area contributed by atoms with E-state index < -0.39 is 5.67 Å². The summed E-state index contributed by atoms with van der Waals surface area (Å²) in [6.45, 7) is 3.07. The number of halogens is 1. The Hall–Kier alpha value is -3.27. The first-order valence-corrected chi connectivity index (χ1v) is 10.1. The highest BCUT2D eigenvalue weighted by molar-refractivity contribution is 5.86. The summed E-state index contributed by atoms with van der Waals surface area (Å²) in [5.74, 6) is 0.638. The Balaban J connectivity index is 1.49. The van der Waals surface area contributed by atoms with E-state index in [1.54, 1.807) is 21.4 Å². The first-order valence-electron chi connectivity index (χ1n) is 10.1. The summed E-state index contributed by atoms with van der Waals surface area (Å²) < 4.78 is 18.8. The van der Waals surface area contributed by atoms with E-state index in [1.807, 2.05) is 43.3 Å². The molecule has 0 spiro atoms. The van der Waals surface area contributed by atoms with E-state index in [-0.39, 0.29) is 6.04 Å². The molecule has 0 bridgehead atoms. The lowest BCUT2D eigenvalue weighted by Crippen LogP contribution is -2.55. The minimum Gasteiger partial charge on any atom is -0.382 e. The van der Waals surface area contributed by atoms with Crippen molar-refractivity contribution in [2.24, 2.45) is 0 Å². The first kappa shape index (κ1) is 18.7. The highest BCUT2D eigenvalue weighted by Gasteiger charge is 2.42. The van der Waals surface area contributed by atoms with Crippen molar-refractivity contribution in [3.63, 3.8) is 0 Å². The number of nitrogens with two attached hydrogens (primary N) is 1. The molecule has 1 aliphatic heterocycles. The summed E-state index contributed by atoms with van der Waals surface area (Å²) in [4.78, 5) is 10.7. The lowest BCUT2D eigenvalue weighted by molar-refractivity contribution is 0.0421. The van der Waals surface area contributed by atoms with Crippen molar-refractivity contribution in [1.82, 2.24) is 34.1 Å². The number of imidazole rings is 1. The van der Waals surface area contributed by atoms with Crippen LogP contribution in [0.4, 0.5) is 16.2 Å². The summed E-state index contributed by atoms with van der Waals surface area (Å²) >= 11 is 0. The maximum absolute atomic E-state index is 15.4. The molecule has 1 fully saturated rings. The third-order valence-electron chi connectivity index (χ3n) is 5.92. The average Bonchev–Trinajstić information content (AvgIpc) is 3.36. The van der Waals surface area contributed by atoms with Gasteiger partial charge < -0.3 is 16.0 Å². The van der Waals surface area contributed by atoms with Gasteiger partial charge in [-0.15, -0.1) is 5.10 Å². The fourth-order valence-electron chi connectivity index (χ4n) is 4.24. The topological polar surface area (TPSA) is 102 Å². The predicted octanol–water partition coefficient (Wildman–Crippen LogP) is 2.26. The number of anilines is 2. The number of hydrogen-bond acceptors (Lipinski definition) is 7. The Bertz CT molecular complexity index is 1220. The molecule has 4 aromatic rings. The van der Waals surface area contributed by atoms with E-state index in [4.69, 9.17) is 5.73 Å². The van der Waals surface area contributed by atoms with Gasteiger partial charge in [0, 0.05) is 37.2 Å². The summed E-state index contributed by atoms with van der Waals surface area (Å²) in [6, 6.07) is 5.32. The third-order valence-corrected chi connectivity index (χ3v) is 5.92. The van der Waals surface area contributed by atoms with Gasteiger partial charge in [-0.1, -0.05) is 6.92 Å². The normalized spacial score (nSPS) is 22.7. The van der Waals surface area contributed by atoms with Crippen molar-refractivity contribution in [1.29, 1.82) is 0 Å². The second-order valence-corrected chi connectivity index (χ2v) is 7.90. The van der Waals surface area contributed by atoms with Gasteiger partial charge in [0.2, 0.25) is 5.95 Å². The second-order valence-electron chi connectivity index (χ2n) is 7.90. The van der Waals surface area contributed by atoms with Crippen LogP contribution < -0.4 is 11.1 Å². The number of likely N-dealkylation sites (tertiary alicyclic amines) is 1. The van der Waals surface area contributed by atoms with Gasteiger partial charge in [0.1, 0.15) is 11.2 Å². The molecule has 0 aliphatic carbocycles. The minimum atomic E-state index is -1.34. The monoisotopic (exact) mass is 409 g/mol. The number of nitrogens with one attached hydrogen (secondary N) is 1. The van der Waals surface area contributed by atoms with Crippen LogP contribution in [0.1, 0.15) is 19.8 Å². The maximum Gasteiger partial charge on any atom is 0.243 e. The van der Waals surface area contributed by atoms with Crippen LogP contribution in [0.25, 0.3) is 22.4 Å². The number of fused-ring (bicyclic) bond motifs is 2. The van der Waals surface area contributed by atoms with Gasteiger partial charge >= 0.3 is 0 Å². The van der Waals surface area contributed by atoms with Crippen molar-refractivity contribution < 1.29 is 4.39 Å². The summed E-state index contributed by atoms with van der Waals surface area (Å²) in [5.41, 5.74) is 7.95. The molecule has 1 saturated heterocycles. The number of piperidine rings is 1. The molecule has 2 atom stereocenters. The fraction of sp³-hybridized carbons (Fsp3) is 0.400. The predicted molar refractivity (Wildman–Crippen MR) is 113 cm³/mol. The molecule has 10 heteroatoms. The molecule has 1 aliphatic rings. The molecule has 156 valence electrons. The number of aromatic nitrogens is 6. The summed E-state index contributed by atoms with van der Waals surface area (Å²) in [5, 5.41) is 12.3. The molecule has 3 N–H and O–H groups in total. The van der Waals surface area contributed by atoms with Crippen molar-refractivity contribution >= 4 is 22.9 Å². The molecular formula is C20H24FN9. The van der Waals surface area contributed by atoms with Gasteiger partial charge in [-0.2, -0.15) is 10.1 Å². The van der Waals surface area contributed by atoms with Gasteiger partial charge in [0.25, 0.3) is 0 Å².